The molecule has 0 atom stereocenters. The smallest absolute Gasteiger partial charge is 0.119 e. The highest BCUT2D eigenvalue weighted by Crippen LogP contribution is 2.23. The number of nitrogen functional groups attached to an aromatic ring is 1. The van der Waals surface area contributed by atoms with Crippen molar-refractivity contribution in [2.24, 2.45) is 0 Å². The molecule has 2 heteroatoms. The Labute approximate surface area is 101 Å². The zero-order chi connectivity index (χ0) is 12.1. The molecule has 86 valence electrons. The van der Waals surface area contributed by atoms with Crippen LogP contribution in [0.1, 0.15) is 0 Å². The third-order valence-electron chi connectivity index (χ3n) is 2.44. The molecule has 2 nitrogen and oxygen atoms in total. The van der Waals surface area contributed by atoms with Crippen LogP contribution in [0.4, 0.5) is 5.69 Å². The van der Waals surface area contributed by atoms with Crippen LogP contribution in [0.5, 0.6) is 5.75 Å². The van der Waals surface area contributed by atoms with E-state index in [4.69, 9.17) is 10.5 Å². The summed E-state index contributed by atoms with van der Waals surface area (Å²) >= 11 is 0. The van der Waals surface area contributed by atoms with Crippen LogP contribution in [0.3, 0.4) is 0 Å². The Hall–Kier alpha value is -2.22. The van der Waals surface area contributed by atoms with Gasteiger partial charge >= 0.3 is 0 Å². The van der Waals surface area contributed by atoms with Gasteiger partial charge in [0.1, 0.15) is 12.4 Å². The maximum atomic E-state index is 5.76. The second-order valence-corrected chi connectivity index (χ2v) is 3.75. The minimum Gasteiger partial charge on any atom is -0.490 e. The predicted octanol–water partition coefficient (Wildman–Crippen LogP) is 3.50. The predicted molar refractivity (Wildman–Crippen MR) is 72.0 cm³/mol. The number of ether oxygens (including phenoxy) is 1. The molecule has 0 unspecified atom stereocenters. The van der Waals surface area contributed by atoms with E-state index in [1.165, 1.54) is 0 Å². The van der Waals surface area contributed by atoms with Crippen LogP contribution < -0.4 is 10.5 Å². The van der Waals surface area contributed by atoms with E-state index in [1.807, 2.05) is 48.5 Å². The van der Waals surface area contributed by atoms with Gasteiger partial charge in [-0.1, -0.05) is 36.9 Å². The Morgan fingerprint density at radius 3 is 2.47 bits per heavy atom. The van der Waals surface area contributed by atoms with Crippen molar-refractivity contribution in [2.75, 3.05) is 12.3 Å². The Balaban J connectivity index is 2.20. The first-order chi connectivity index (χ1) is 8.29. The molecule has 2 rings (SSSR count). The number of nitrogens with two attached hydrogens (primary N) is 1. The Morgan fingerprint density at radius 2 is 1.82 bits per heavy atom. The average Bonchev–Trinajstić information content (AvgIpc) is 2.37. The molecule has 0 bridgehead atoms. The van der Waals surface area contributed by atoms with E-state index >= 15 is 0 Å². The molecule has 2 aromatic carbocycles. The fourth-order valence-electron chi connectivity index (χ4n) is 1.62. The molecule has 0 fully saturated rings. The lowest BCUT2D eigenvalue weighted by Gasteiger charge is -2.06. The van der Waals surface area contributed by atoms with E-state index in [2.05, 4.69) is 6.58 Å². The van der Waals surface area contributed by atoms with Gasteiger partial charge in [0.2, 0.25) is 0 Å². The van der Waals surface area contributed by atoms with Crippen LogP contribution >= 0.6 is 0 Å². The summed E-state index contributed by atoms with van der Waals surface area (Å²) in [5.74, 6) is 0.845. The highest BCUT2D eigenvalue weighted by atomic mass is 16.5. The molecule has 0 aliphatic heterocycles. The number of anilines is 1. The van der Waals surface area contributed by atoms with Crippen LogP contribution in [-0.4, -0.2) is 6.61 Å². The first-order valence-electron chi connectivity index (χ1n) is 5.49. The zero-order valence-electron chi connectivity index (χ0n) is 9.60. The van der Waals surface area contributed by atoms with Crippen LogP contribution in [0, 0.1) is 0 Å². The lowest BCUT2D eigenvalue weighted by Crippen LogP contribution is -1.92. The Morgan fingerprint density at radius 1 is 1.06 bits per heavy atom. The third kappa shape index (κ3) is 2.88. The maximum Gasteiger partial charge on any atom is 0.119 e. The van der Waals surface area contributed by atoms with Gasteiger partial charge in [-0.15, -0.1) is 0 Å². The summed E-state index contributed by atoms with van der Waals surface area (Å²) in [5.41, 5.74) is 8.77. The van der Waals surface area contributed by atoms with E-state index in [-0.39, 0.29) is 0 Å². The van der Waals surface area contributed by atoms with Crippen LogP contribution in [0.2, 0.25) is 0 Å². The second-order valence-electron chi connectivity index (χ2n) is 3.75. The van der Waals surface area contributed by atoms with Crippen molar-refractivity contribution in [3.8, 4) is 16.9 Å². The lowest BCUT2D eigenvalue weighted by atomic mass is 10.1. The molecule has 2 aromatic rings. The van der Waals surface area contributed by atoms with Crippen molar-refractivity contribution < 1.29 is 4.74 Å². The van der Waals surface area contributed by atoms with Gasteiger partial charge in [0, 0.05) is 5.69 Å². The molecule has 17 heavy (non-hydrogen) atoms. The van der Waals surface area contributed by atoms with Crippen molar-refractivity contribution in [1.29, 1.82) is 0 Å². The van der Waals surface area contributed by atoms with Gasteiger partial charge in [-0.25, -0.2) is 0 Å². The van der Waals surface area contributed by atoms with Gasteiger partial charge in [-0.2, -0.15) is 0 Å². The largest absolute Gasteiger partial charge is 0.490 e. The number of rotatable bonds is 4. The fraction of sp³-hybridized carbons (Fsp3) is 0.0667. The molecular weight excluding hydrogens is 210 g/mol. The summed E-state index contributed by atoms with van der Waals surface area (Å²) in [7, 11) is 0. The summed E-state index contributed by atoms with van der Waals surface area (Å²) in [6, 6.07) is 15.8. The highest BCUT2D eigenvalue weighted by Gasteiger charge is 1.98. The van der Waals surface area contributed by atoms with Gasteiger partial charge in [-0.3, -0.25) is 0 Å². The van der Waals surface area contributed by atoms with E-state index in [0.717, 1.165) is 22.6 Å². The molecule has 0 radical (unpaired) electrons. The summed E-state index contributed by atoms with van der Waals surface area (Å²) in [5, 5.41) is 0. The minimum atomic E-state index is 0.525. The molecule has 0 spiro atoms. The fourth-order valence-corrected chi connectivity index (χ4v) is 1.62. The number of hydrogen-bond donors (Lipinski definition) is 1. The molecule has 0 aromatic heterocycles. The van der Waals surface area contributed by atoms with Crippen molar-refractivity contribution >= 4 is 5.69 Å². The third-order valence-corrected chi connectivity index (χ3v) is 2.44. The van der Waals surface area contributed by atoms with Gasteiger partial charge in [-0.05, 0) is 35.4 Å². The second kappa shape index (κ2) is 5.21. The SMILES string of the molecule is C=CCOc1ccc(-c2cccc(N)c2)cc1. The van der Waals surface area contributed by atoms with Gasteiger partial charge < -0.3 is 10.5 Å². The quantitative estimate of drug-likeness (QED) is 0.638. The van der Waals surface area contributed by atoms with Gasteiger partial charge in [0.05, 0.1) is 0 Å². The Kier molecular flexibility index (Phi) is 3.46. The Bertz CT molecular complexity index is 503. The minimum absolute atomic E-state index is 0.525. The highest BCUT2D eigenvalue weighted by molar-refractivity contribution is 5.67. The summed E-state index contributed by atoms with van der Waals surface area (Å²) in [4.78, 5) is 0. The topological polar surface area (TPSA) is 35.2 Å². The molecule has 0 aliphatic carbocycles. The van der Waals surface area contributed by atoms with Crippen LogP contribution in [0.25, 0.3) is 11.1 Å². The molecule has 0 amide bonds. The average molecular weight is 225 g/mol. The first-order valence-corrected chi connectivity index (χ1v) is 5.49. The number of hydrogen-bond acceptors (Lipinski definition) is 2. The van der Waals surface area contributed by atoms with E-state index < -0.39 is 0 Å². The van der Waals surface area contributed by atoms with Gasteiger partial charge in [0.15, 0.2) is 0 Å². The van der Waals surface area contributed by atoms with Crippen molar-refractivity contribution in [1.82, 2.24) is 0 Å². The van der Waals surface area contributed by atoms with Crippen LogP contribution in [0.15, 0.2) is 61.2 Å². The van der Waals surface area contributed by atoms with Gasteiger partial charge in [0.25, 0.3) is 0 Å². The van der Waals surface area contributed by atoms with Crippen LogP contribution in [-0.2, 0) is 0 Å². The summed E-state index contributed by atoms with van der Waals surface area (Å²) in [6.07, 6.45) is 1.73. The summed E-state index contributed by atoms with van der Waals surface area (Å²) < 4.78 is 5.43. The molecule has 0 saturated heterocycles. The molecule has 0 heterocycles. The lowest BCUT2D eigenvalue weighted by molar-refractivity contribution is 0.363. The molecule has 0 saturated carbocycles. The van der Waals surface area contributed by atoms with E-state index in [1.54, 1.807) is 6.08 Å². The normalized spacial score (nSPS) is 9.88. The zero-order valence-corrected chi connectivity index (χ0v) is 9.60. The van der Waals surface area contributed by atoms with E-state index in [0.29, 0.717) is 6.61 Å². The molecule has 2 N–H and O–H groups in total. The van der Waals surface area contributed by atoms with E-state index in [9.17, 15) is 0 Å². The number of benzene rings is 2. The summed E-state index contributed by atoms with van der Waals surface area (Å²) in [6.45, 7) is 4.14. The standard InChI is InChI=1S/C15H15NO/c1-2-10-17-15-8-6-12(7-9-15)13-4-3-5-14(16)11-13/h2-9,11H,1,10,16H2. The van der Waals surface area contributed by atoms with Crippen molar-refractivity contribution in [3.05, 3.63) is 61.2 Å². The monoisotopic (exact) mass is 225 g/mol. The molecule has 0 aliphatic rings. The first kappa shape index (κ1) is 11.3. The maximum absolute atomic E-state index is 5.76. The van der Waals surface area contributed by atoms with Crippen molar-refractivity contribution in [2.45, 2.75) is 0 Å². The van der Waals surface area contributed by atoms with Crippen molar-refractivity contribution in [3.63, 3.8) is 0 Å². The molecular formula is C15H15NO.